The normalized spacial score (nSPS) is 12.2. The summed E-state index contributed by atoms with van der Waals surface area (Å²) in [5.74, 6) is -3.44. The van der Waals surface area contributed by atoms with Crippen LogP contribution in [0, 0.1) is 0 Å². The van der Waals surface area contributed by atoms with Gasteiger partial charge in [-0.1, -0.05) is 18.2 Å². The number of benzene rings is 1. The molecule has 0 unspecified atom stereocenters. The zero-order valence-electron chi connectivity index (χ0n) is 9.42. The highest BCUT2D eigenvalue weighted by atomic mass is 16.4. The standard InChI is InChI=1S/C12H10BNO4/c13-10(14-11(15)12(16)17)5-7-6-18-9-4-2-1-3-8(7)9/h1-4,6,10H,5H2,(H,14,15)(H,16,17)/t10-/m0/s1. The van der Waals surface area contributed by atoms with E-state index in [0.717, 1.165) is 16.5 Å². The fraction of sp³-hybridized carbons (Fsp3) is 0.167. The molecule has 18 heavy (non-hydrogen) atoms. The molecule has 0 spiro atoms. The van der Waals surface area contributed by atoms with Crippen LogP contribution in [0.3, 0.4) is 0 Å². The number of aliphatic carboxylic acids is 1. The number of amides is 1. The predicted molar refractivity (Wildman–Crippen MR) is 65.2 cm³/mol. The second-order valence-corrected chi connectivity index (χ2v) is 3.85. The summed E-state index contributed by atoms with van der Waals surface area (Å²) in [6.07, 6.45) is 1.85. The van der Waals surface area contributed by atoms with Gasteiger partial charge in [-0.3, -0.25) is 4.79 Å². The number of carbonyl (C=O) groups is 2. The van der Waals surface area contributed by atoms with Crippen molar-refractivity contribution in [2.45, 2.75) is 12.4 Å². The summed E-state index contributed by atoms with van der Waals surface area (Å²) in [6, 6.07) is 7.41. The monoisotopic (exact) mass is 243 g/mol. The maximum atomic E-state index is 10.9. The molecule has 2 radical (unpaired) electrons. The minimum atomic E-state index is -1.55. The molecule has 0 bridgehead atoms. The molecule has 90 valence electrons. The molecule has 1 aromatic carbocycles. The maximum Gasteiger partial charge on any atom is 0.394 e. The van der Waals surface area contributed by atoms with Gasteiger partial charge in [-0.05, 0) is 24.0 Å². The van der Waals surface area contributed by atoms with Gasteiger partial charge in [0, 0.05) is 5.39 Å². The number of hydrogen-bond acceptors (Lipinski definition) is 3. The van der Waals surface area contributed by atoms with E-state index >= 15 is 0 Å². The van der Waals surface area contributed by atoms with Crippen molar-refractivity contribution in [3.8, 4) is 0 Å². The van der Waals surface area contributed by atoms with Crippen molar-refractivity contribution in [2.24, 2.45) is 0 Å². The van der Waals surface area contributed by atoms with Crippen molar-refractivity contribution in [3.05, 3.63) is 36.1 Å². The van der Waals surface area contributed by atoms with Crippen molar-refractivity contribution in [1.29, 1.82) is 0 Å². The van der Waals surface area contributed by atoms with Crippen LogP contribution in [0.25, 0.3) is 11.0 Å². The van der Waals surface area contributed by atoms with E-state index in [1.165, 1.54) is 0 Å². The summed E-state index contributed by atoms with van der Waals surface area (Å²) in [6.45, 7) is 0. The van der Waals surface area contributed by atoms with E-state index in [2.05, 4.69) is 5.32 Å². The van der Waals surface area contributed by atoms with Crippen molar-refractivity contribution in [3.63, 3.8) is 0 Å². The van der Waals surface area contributed by atoms with Gasteiger partial charge in [0.1, 0.15) is 5.58 Å². The van der Waals surface area contributed by atoms with Crippen LogP contribution in [0.1, 0.15) is 5.56 Å². The van der Waals surface area contributed by atoms with E-state index in [1.807, 2.05) is 24.3 Å². The third-order valence-corrected chi connectivity index (χ3v) is 2.51. The summed E-state index contributed by atoms with van der Waals surface area (Å²) in [4.78, 5) is 21.3. The van der Waals surface area contributed by atoms with Crippen LogP contribution in [0.5, 0.6) is 0 Å². The summed E-state index contributed by atoms with van der Waals surface area (Å²) in [7, 11) is 5.66. The summed E-state index contributed by atoms with van der Waals surface area (Å²) in [5.41, 5.74) is 1.55. The van der Waals surface area contributed by atoms with Gasteiger partial charge in [0.05, 0.1) is 14.1 Å². The van der Waals surface area contributed by atoms with Gasteiger partial charge in [0.25, 0.3) is 0 Å². The molecule has 6 heteroatoms. The minimum absolute atomic E-state index is 0.302. The molecule has 1 amide bonds. The number of furan rings is 1. The topological polar surface area (TPSA) is 79.5 Å². The first-order chi connectivity index (χ1) is 8.58. The van der Waals surface area contributed by atoms with Crippen molar-refractivity contribution in [2.75, 3.05) is 0 Å². The van der Waals surface area contributed by atoms with Gasteiger partial charge >= 0.3 is 11.9 Å². The highest BCUT2D eigenvalue weighted by Crippen LogP contribution is 2.21. The Morgan fingerprint density at radius 2 is 2.11 bits per heavy atom. The Kier molecular flexibility index (Phi) is 3.37. The van der Waals surface area contributed by atoms with E-state index < -0.39 is 17.8 Å². The van der Waals surface area contributed by atoms with E-state index in [-0.39, 0.29) is 0 Å². The Morgan fingerprint density at radius 3 is 2.83 bits per heavy atom. The first-order valence-electron chi connectivity index (χ1n) is 5.32. The van der Waals surface area contributed by atoms with Crippen molar-refractivity contribution >= 4 is 30.7 Å². The molecular formula is C12H10BNO4. The molecule has 0 aliphatic heterocycles. The number of fused-ring (bicyclic) bond motifs is 1. The van der Waals surface area contributed by atoms with Crippen LogP contribution >= 0.6 is 0 Å². The van der Waals surface area contributed by atoms with Crippen molar-refractivity contribution < 1.29 is 19.1 Å². The first-order valence-corrected chi connectivity index (χ1v) is 5.32. The number of nitrogens with one attached hydrogen (secondary N) is 1. The van der Waals surface area contributed by atoms with Crippen LogP contribution in [-0.2, 0) is 16.0 Å². The Bertz CT molecular complexity index is 593. The van der Waals surface area contributed by atoms with Crippen LogP contribution in [0.2, 0.25) is 0 Å². The average Bonchev–Trinajstić information content (AvgIpc) is 2.72. The van der Waals surface area contributed by atoms with E-state index in [0.29, 0.717) is 6.42 Å². The Balaban J connectivity index is 2.09. The van der Waals surface area contributed by atoms with Gasteiger partial charge in [-0.15, -0.1) is 0 Å². The van der Waals surface area contributed by atoms with Crippen molar-refractivity contribution in [1.82, 2.24) is 5.32 Å². The number of carbonyl (C=O) groups excluding carboxylic acids is 1. The zero-order chi connectivity index (χ0) is 13.1. The third-order valence-electron chi connectivity index (χ3n) is 2.51. The fourth-order valence-electron chi connectivity index (χ4n) is 1.71. The second-order valence-electron chi connectivity index (χ2n) is 3.85. The quantitative estimate of drug-likeness (QED) is 0.613. The van der Waals surface area contributed by atoms with Crippen LogP contribution in [-0.4, -0.2) is 30.8 Å². The Morgan fingerprint density at radius 1 is 1.39 bits per heavy atom. The molecule has 0 aliphatic carbocycles. The number of carboxylic acids is 1. The van der Waals surface area contributed by atoms with Crippen LogP contribution in [0.4, 0.5) is 0 Å². The average molecular weight is 243 g/mol. The summed E-state index contributed by atoms with van der Waals surface area (Å²) in [5, 5.41) is 11.5. The van der Waals surface area contributed by atoms with Gasteiger partial charge in [0.15, 0.2) is 0 Å². The number of rotatable bonds is 3. The van der Waals surface area contributed by atoms with Crippen LogP contribution in [0.15, 0.2) is 34.9 Å². The predicted octanol–water partition coefficient (Wildman–Crippen LogP) is 0.671. The van der Waals surface area contributed by atoms with E-state index in [4.69, 9.17) is 17.4 Å². The minimum Gasteiger partial charge on any atom is -0.474 e. The van der Waals surface area contributed by atoms with Gasteiger partial charge in [0.2, 0.25) is 0 Å². The number of para-hydroxylation sites is 1. The zero-order valence-corrected chi connectivity index (χ0v) is 9.42. The molecular weight excluding hydrogens is 233 g/mol. The molecule has 2 rings (SSSR count). The number of carboxylic acid groups (broad SMARTS) is 1. The molecule has 2 aromatic rings. The molecule has 5 nitrogen and oxygen atoms in total. The van der Waals surface area contributed by atoms with Gasteiger partial charge < -0.3 is 14.8 Å². The largest absolute Gasteiger partial charge is 0.474 e. The van der Waals surface area contributed by atoms with Crippen LogP contribution < -0.4 is 5.32 Å². The molecule has 0 aliphatic rings. The fourth-order valence-corrected chi connectivity index (χ4v) is 1.71. The highest BCUT2D eigenvalue weighted by Gasteiger charge is 2.15. The van der Waals surface area contributed by atoms with Gasteiger partial charge in [-0.2, -0.15) is 0 Å². The molecule has 0 saturated carbocycles. The molecule has 0 fully saturated rings. The first kappa shape index (κ1) is 12.2. The summed E-state index contributed by atoms with van der Waals surface area (Å²) < 4.78 is 5.32. The molecule has 1 aromatic heterocycles. The molecule has 0 saturated heterocycles. The lowest BCUT2D eigenvalue weighted by molar-refractivity contribution is -0.150. The maximum absolute atomic E-state index is 10.9. The highest BCUT2D eigenvalue weighted by molar-refractivity contribution is 6.32. The smallest absolute Gasteiger partial charge is 0.394 e. The molecule has 2 N–H and O–H groups in total. The molecule has 1 heterocycles. The number of hydrogen-bond donors (Lipinski definition) is 2. The molecule has 1 atom stereocenters. The van der Waals surface area contributed by atoms with Gasteiger partial charge in [-0.25, -0.2) is 4.79 Å². The Labute approximate surface area is 104 Å². The third kappa shape index (κ3) is 2.53. The summed E-state index contributed by atoms with van der Waals surface area (Å²) >= 11 is 0. The SMILES string of the molecule is [B][C@H](Cc1coc2ccccc12)NC(=O)C(=O)O. The lowest BCUT2D eigenvalue weighted by Crippen LogP contribution is -2.40. The van der Waals surface area contributed by atoms with E-state index in [9.17, 15) is 9.59 Å². The second kappa shape index (κ2) is 4.95. The lowest BCUT2D eigenvalue weighted by Gasteiger charge is -2.11. The lowest BCUT2D eigenvalue weighted by atomic mass is 9.89. The Hall–Kier alpha value is -2.24. The van der Waals surface area contributed by atoms with E-state index in [1.54, 1.807) is 6.26 Å².